The summed E-state index contributed by atoms with van der Waals surface area (Å²) in [6.45, 7) is 1.88. The summed E-state index contributed by atoms with van der Waals surface area (Å²) in [6.07, 6.45) is 0.968. The maximum Gasteiger partial charge on any atom is 0.242 e. The Hall–Kier alpha value is -0.370. The Morgan fingerprint density at radius 2 is 2.10 bits per heavy atom. The molecule has 1 aromatic rings. The van der Waals surface area contributed by atoms with E-state index in [1.165, 1.54) is 12.1 Å². The van der Waals surface area contributed by atoms with E-state index < -0.39 is 10.0 Å². The number of sulfonamides is 1. The molecule has 0 bridgehead atoms. The van der Waals surface area contributed by atoms with E-state index in [-0.39, 0.29) is 21.5 Å². The summed E-state index contributed by atoms with van der Waals surface area (Å²) in [6, 6.07) is 2.65. The Morgan fingerprint density at radius 1 is 1.38 bits per heavy atom. The van der Waals surface area contributed by atoms with Gasteiger partial charge in [0.25, 0.3) is 0 Å². The van der Waals surface area contributed by atoms with Gasteiger partial charge in [0.1, 0.15) is 4.90 Å². The van der Waals surface area contributed by atoms with Crippen molar-refractivity contribution >= 4 is 33.2 Å². The summed E-state index contributed by atoms with van der Waals surface area (Å²) in [7, 11) is -1.70. The first-order chi connectivity index (χ1) is 9.83. The SMILES string of the molecule is CN1CCC(CNS(=O)(=O)c2cc(CO)c(Cl)cc2Cl)C1. The summed E-state index contributed by atoms with van der Waals surface area (Å²) in [5.74, 6) is 0.299. The molecule has 0 saturated carbocycles. The van der Waals surface area contributed by atoms with E-state index >= 15 is 0 Å². The maximum absolute atomic E-state index is 12.3. The van der Waals surface area contributed by atoms with Crippen molar-refractivity contribution in [3.8, 4) is 0 Å². The number of nitrogens with one attached hydrogen (secondary N) is 1. The molecule has 1 unspecified atom stereocenters. The fourth-order valence-corrected chi connectivity index (χ4v) is 4.37. The third-order valence-corrected chi connectivity index (χ3v) is 5.85. The fraction of sp³-hybridized carbons (Fsp3) is 0.538. The molecule has 0 aliphatic carbocycles. The van der Waals surface area contributed by atoms with Gasteiger partial charge in [0.15, 0.2) is 0 Å². The molecular weight excluding hydrogens is 335 g/mol. The summed E-state index contributed by atoms with van der Waals surface area (Å²) >= 11 is 11.9. The van der Waals surface area contributed by atoms with Crippen molar-refractivity contribution in [2.45, 2.75) is 17.9 Å². The van der Waals surface area contributed by atoms with Crippen LogP contribution in [0.25, 0.3) is 0 Å². The smallest absolute Gasteiger partial charge is 0.242 e. The molecule has 2 rings (SSSR count). The number of hydrogen-bond acceptors (Lipinski definition) is 4. The highest BCUT2D eigenvalue weighted by Gasteiger charge is 2.24. The Bertz CT molecular complexity index is 622. The molecule has 118 valence electrons. The van der Waals surface area contributed by atoms with Crippen molar-refractivity contribution in [3.05, 3.63) is 27.7 Å². The first-order valence-electron chi connectivity index (χ1n) is 6.60. The zero-order valence-electron chi connectivity index (χ0n) is 11.6. The van der Waals surface area contributed by atoms with E-state index in [1.54, 1.807) is 0 Å². The molecule has 2 N–H and O–H groups in total. The molecule has 5 nitrogen and oxygen atoms in total. The minimum Gasteiger partial charge on any atom is -0.392 e. The fourth-order valence-electron chi connectivity index (χ4n) is 2.40. The molecular formula is C13H18Cl2N2O3S. The van der Waals surface area contributed by atoms with Gasteiger partial charge >= 0.3 is 0 Å². The molecule has 1 fully saturated rings. The predicted molar refractivity (Wildman–Crippen MR) is 83.2 cm³/mol. The molecule has 1 aliphatic rings. The van der Waals surface area contributed by atoms with Gasteiger partial charge < -0.3 is 10.0 Å². The number of halogens is 2. The van der Waals surface area contributed by atoms with E-state index in [9.17, 15) is 13.5 Å². The summed E-state index contributed by atoms with van der Waals surface area (Å²) in [4.78, 5) is 2.11. The van der Waals surface area contributed by atoms with Crippen molar-refractivity contribution < 1.29 is 13.5 Å². The lowest BCUT2D eigenvalue weighted by Gasteiger charge is -2.14. The highest BCUT2D eigenvalue weighted by atomic mass is 35.5. The van der Waals surface area contributed by atoms with E-state index in [1.807, 2.05) is 7.05 Å². The highest BCUT2D eigenvalue weighted by Crippen LogP contribution is 2.28. The highest BCUT2D eigenvalue weighted by molar-refractivity contribution is 7.89. The average molecular weight is 353 g/mol. The van der Waals surface area contributed by atoms with E-state index in [2.05, 4.69) is 9.62 Å². The summed E-state index contributed by atoms with van der Waals surface area (Å²) < 4.78 is 27.3. The van der Waals surface area contributed by atoms with Crippen LogP contribution in [0.1, 0.15) is 12.0 Å². The second-order valence-electron chi connectivity index (χ2n) is 5.30. The normalized spacial score (nSPS) is 20.1. The zero-order chi connectivity index (χ0) is 15.6. The topological polar surface area (TPSA) is 69.6 Å². The second kappa shape index (κ2) is 6.81. The van der Waals surface area contributed by atoms with Gasteiger partial charge in [0, 0.05) is 18.1 Å². The summed E-state index contributed by atoms with van der Waals surface area (Å²) in [5, 5.41) is 9.48. The molecule has 0 aromatic heterocycles. The molecule has 1 aliphatic heterocycles. The van der Waals surface area contributed by atoms with Crippen LogP contribution < -0.4 is 4.72 Å². The molecule has 0 radical (unpaired) electrons. The number of benzene rings is 1. The first kappa shape index (κ1) is 17.0. The van der Waals surface area contributed by atoms with E-state index in [0.717, 1.165) is 19.5 Å². The van der Waals surface area contributed by atoms with Crippen molar-refractivity contribution in [2.24, 2.45) is 5.92 Å². The minimum absolute atomic E-state index is 0.0493. The van der Waals surface area contributed by atoms with Gasteiger partial charge in [-0.2, -0.15) is 0 Å². The van der Waals surface area contributed by atoms with Crippen molar-refractivity contribution in [1.29, 1.82) is 0 Å². The van der Waals surface area contributed by atoms with Crippen LogP contribution in [0.3, 0.4) is 0 Å². The van der Waals surface area contributed by atoms with Gasteiger partial charge in [-0.1, -0.05) is 23.2 Å². The zero-order valence-corrected chi connectivity index (χ0v) is 14.0. The molecule has 1 saturated heterocycles. The van der Waals surface area contributed by atoms with Crippen LogP contribution in [0, 0.1) is 5.92 Å². The van der Waals surface area contributed by atoms with Crippen LogP contribution in [0.2, 0.25) is 10.0 Å². The Balaban J connectivity index is 2.15. The third kappa shape index (κ3) is 4.09. The molecule has 0 spiro atoms. The average Bonchev–Trinajstić information content (AvgIpc) is 2.82. The Labute approximate surface area is 134 Å². The third-order valence-electron chi connectivity index (χ3n) is 3.61. The molecule has 21 heavy (non-hydrogen) atoms. The number of aliphatic hydroxyl groups is 1. The number of nitrogens with zero attached hydrogens (tertiary/aromatic N) is 1. The molecule has 1 heterocycles. The standard InChI is InChI=1S/C13H18Cl2N2O3S/c1-17-3-2-9(7-17)6-16-21(19,20)13-4-10(8-18)11(14)5-12(13)15/h4-5,9,16,18H,2-3,6-8H2,1H3. The lowest BCUT2D eigenvalue weighted by atomic mass is 10.1. The van der Waals surface area contributed by atoms with Crippen LogP contribution in [-0.4, -0.2) is 45.1 Å². The van der Waals surface area contributed by atoms with Gasteiger partial charge in [-0.15, -0.1) is 0 Å². The van der Waals surface area contributed by atoms with Crippen LogP contribution in [0.5, 0.6) is 0 Å². The number of likely N-dealkylation sites (tertiary alicyclic amines) is 1. The number of hydrogen-bond donors (Lipinski definition) is 2. The lowest BCUT2D eigenvalue weighted by molar-refractivity contribution is 0.281. The molecule has 1 aromatic carbocycles. The van der Waals surface area contributed by atoms with Crippen LogP contribution >= 0.6 is 23.2 Å². The second-order valence-corrected chi connectivity index (χ2v) is 7.85. The predicted octanol–water partition coefficient (Wildman–Crippen LogP) is 1.72. The van der Waals surface area contributed by atoms with Crippen molar-refractivity contribution in [1.82, 2.24) is 9.62 Å². The maximum atomic E-state index is 12.3. The number of rotatable bonds is 5. The molecule has 8 heteroatoms. The monoisotopic (exact) mass is 352 g/mol. The van der Waals surface area contributed by atoms with Gasteiger partial charge in [-0.3, -0.25) is 0 Å². The van der Waals surface area contributed by atoms with Crippen molar-refractivity contribution in [2.75, 3.05) is 26.7 Å². The van der Waals surface area contributed by atoms with Gasteiger partial charge in [-0.25, -0.2) is 13.1 Å². The van der Waals surface area contributed by atoms with E-state index in [0.29, 0.717) is 18.0 Å². The molecule has 0 amide bonds. The van der Waals surface area contributed by atoms with Crippen LogP contribution in [-0.2, 0) is 16.6 Å². The lowest BCUT2D eigenvalue weighted by Crippen LogP contribution is -2.30. The van der Waals surface area contributed by atoms with Crippen LogP contribution in [0.15, 0.2) is 17.0 Å². The van der Waals surface area contributed by atoms with Crippen molar-refractivity contribution in [3.63, 3.8) is 0 Å². The van der Waals surface area contributed by atoms with Gasteiger partial charge in [0.05, 0.1) is 11.6 Å². The quantitative estimate of drug-likeness (QED) is 0.846. The first-order valence-corrected chi connectivity index (χ1v) is 8.84. The Morgan fingerprint density at radius 3 is 2.67 bits per heavy atom. The largest absolute Gasteiger partial charge is 0.392 e. The van der Waals surface area contributed by atoms with Gasteiger partial charge in [0.2, 0.25) is 10.0 Å². The number of aliphatic hydroxyl groups excluding tert-OH is 1. The molecule has 1 atom stereocenters. The van der Waals surface area contributed by atoms with Gasteiger partial charge in [-0.05, 0) is 43.6 Å². The summed E-state index contributed by atoms with van der Waals surface area (Å²) in [5.41, 5.74) is 0.335. The Kier molecular flexibility index (Phi) is 5.51. The minimum atomic E-state index is -3.72. The van der Waals surface area contributed by atoms with E-state index in [4.69, 9.17) is 23.2 Å². The van der Waals surface area contributed by atoms with Crippen LogP contribution in [0.4, 0.5) is 0 Å².